The number of sulfonamides is 1. The van der Waals surface area contributed by atoms with Gasteiger partial charge in [-0.25, -0.2) is 22.5 Å². The summed E-state index contributed by atoms with van der Waals surface area (Å²) in [5, 5.41) is 9.66. The average Bonchev–Trinajstić information content (AvgIpc) is 2.72. The topological polar surface area (TPSA) is 118 Å². The van der Waals surface area contributed by atoms with E-state index in [2.05, 4.69) is 14.7 Å². The summed E-state index contributed by atoms with van der Waals surface area (Å²) in [6, 6.07) is 10.1. The maximum absolute atomic E-state index is 14.9. The van der Waals surface area contributed by atoms with Crippen LogP contribution < -0.4 is 10.5 Å². The SMILES string of the molecule is CC(C)(C)C(CO)NS(=O)(=O)c1ccccc1-c1ccc(-c2cnc(N)cn2)c(F)c1. The van der Waals surface area contributed by atoms with Crippen LogP contribution in [0.15, 0.2) is 59.8 Å². The lowest BCUT2D eigenvalue weighted by Gasteiger charge is -2.29. The first-order chi connectivity index (χ1) is 14.5. The zero-order chi connectivity index (χ0) is 22.8. The van der Waals surface area contributed by atoms with E-state index in [1.807, 2.05) is 20.8 Å². The van der Waals surface area contributed by atoms with Crippen molar-refractivity contribution < 1.29 is 17.9 Å². The summed E-state index contributed by atoms with van der Waals surface area (Å²) in [7, 11) is -3.98. The molecule has 7 nitrogen and oxygen atoms in total. The smallest absolute Gasteiger partial charge is 0.241 e. The molecule has 0 aliphatic heterocycles. The van der Waals surface area contributed by atoms with Crippen molar-refractivity contribution in [2.45, 2.75) is 31.7 Å². The van der Waals surface area contributed by atoms with Crippen molar-refractivity contribution in [1.82, 2.24) is 14.7 Å². The van der Waals surface area contributed by atoms with Crippen molar-refractivity contribution >= 4 is 15.8 Å². The van der Waals surface area contributed by atoms with Crippen LogP contribution in [0, 0.1) is 11.2 Å². The number of nitrogens with zero attached hydrogens (tertiary/aromatic N) is 2. The molecule has 0 aliphatic carbocycles. The van der Waals surface area contributed by atoms with Crippen LogP contribution >= 0.6 is 0 Å². The van der Waals surface area contributed by atoms with Gasteiger partial charge in [-0.2, -0.15) is 0 Å². The van der Waals surface area contributed by atoms with E-state index >= 15 is 0 Å². The lowest BCUT2D eigenvalue weighted by atomic mass is 9.88. The number of aliphatic hydroxyl groups excluding tert-OH is 1. The first-order valence-corrected chi connectivity index (χ1v) is 11.1. The van der Waals surface area contributed by atoms with Crippen LogP contribution in [0.3, 0.4) is 0 Å². The number of nitrogens with one attached hydrogen (secondary N) is 1. The van der Waals surface area contributed by atoms with Crippen molar-refractivity contribution in [2.75, 3.05) is 12.3 Å². The van der Waals surface area contributed by atoms with Gasteiger partial charge in [0.05, 0.1) is 29.6 Å². The quantitative estimate of drug-likeness (QED) is 0.537. The molecule has 1 heterocycles. The number of aliphatic hydroxyl groups is 1. The van der Waals surface area contributed by atoms with Crippen molar-refractivity contribution in [2.24, 2.45) is 5.41 Å². The highest BCUT2D eigenvalue weighted by molar-refractivity contribution is 7.89. The van der Waals surface area contributed by atoms with Crippen LogP contribution in [0.4, 0.5) is 10.2 Å². The number of halogens is 1. The molecular weight excluding hydrogens is 419 g/mol. The average molecular weight is 445 g/mol. The van der Waals surface area contributed by atoms with Gasteiger partial charge in [0.2, 0.25) is 10.0 Å². The van der Waals surface area contributed by atoms with Crippen molar-refractivity contribution in [3.05, 3.63) is 60.7 Å². The highest BCUT2D eigenvalue weighted by Gasteiger charge is 2.30. The molecule has 0 bridgehead atoms. The summed E-state index contributed by atoms with van der Waals surface area (Å²) in [5.41, 5.74) is 6.30. The predicted molar refractivity (Wildman–Crippen MR) is 118 cm³/mol. The van der Waals surface area contributed by atoms with Crippen LogP contribution in [0.2, 0.25) is 0 Å². The Hall–Kier alpha value is -2.88. The van der Waals surface area contributed by atoms with E-state index in [0.29, 0.717) is 16.8 Å². The summed E-state index contributed by atoms with van der Waals surface area (Å²) < 4.78 is 43.6. The monoisotopic (exact) mass is 444 g/mol. The van der Waals surface area contributed by atoms with Gasteiger partial charge in [-0.1, -0.05) is 45.0 Å². The second-order valence-corrected chi connectivity index (χ2v) is 9.92. The number of benzene rings is 2. The Morgan fingerprint density at radius 1 is 1.10 bits per heavy atom. The number of anilines is 1. The van der Waals surface area contributed by atoms with E-state index in [9.17, 15) is 17.9 Å². The summed E-state index contributed by atoms with van der Waals surface area (Å²) in [6.07, 6.45) is 2.71. The molecule has 1 unspecified atom stereocenters. The van der Waals surface area contributed by atoms with Crippen LogP contribution in [0.25, 0.3) is 22.4 Å². The molecule has 2 aromatic carbocycles. The minimum Gasteiger partial charge on any atom is -0.395 e. The van der Waals surface area contributed by atoms with Gasteiger partial charge in [-0.3, -0.25) is 4.98 Å². The molecule has 0 saturated carbocycles. The Morgan fingerprint density at radius 2 is 1.81 bits per heavy atom. The van der Waals surface area contributed by atoms with Gasteiger partial charge in [0.1, 0.15) is 11.6 Å². The number of nitrogen functional groups attached to an aromatic ring is 1. The molecule has 164 valence electrons. The van der Waals surface area contributed by atoms with Crippen LogP contribution in [0.5, 0.6) is 0 Å². The molecule has 1 atom stereocenters. The molecule has 0 amide bonds. The molecule has 31 heavy (non-hydrogen) atoms. The summed E-state index contributed by atoms with van der Waals surface area (Å²) in [5.74, 6) is -0.344. The molecule has 0 radical (unpaired) electrons. The number of hydrogen-bond donors (Lipinski definition) is 3. The molecule has 4 N–H and O–H groups in total. The van der Waals surface area contributed by atoms with Crippen molar-refractivity contribution in [3.63, 3.8) is 0 Å². The standard InChI is InChI=1S/C22H25FN4O3S/c1-22(2,3)20(13-28)27-31(29,30)19-7-5-4-6-15(19)14-8-9-16(17(23)10-14)18-11-26-21(24)12-25-18/h4-12,20,27-28H,13H2,1-3H3,(H2,24,26). The summed E-state index contributed by atoms with van der Waals surface area (Å²) in [4.78, 5) is 7.99. The van der Waals surface area contributed by atoms with Gasteiger partial charge < -0.3 is 10.8 Å². The number of aromatic nitrogens is 2. The van der Waals surface area contributed by atoms with E-state index in [-0.39, 0.29) is 22.9 Å². The third-order valence-corrected chi connectivity index (χ3v) is 6.46. The fourth-order valence-electron chi connectivity index (χ4n) is 3.05. The number of rotatable bonds is 6. The largest absolute Gasteiger partial charge is 0.395 e. The summed E-state index contributed by atoms with van der Waals surface area (Å²) in [6.45, 7) is 5.14. The second kappa shape index (κ2) is 8.70. The van der Waals surface area contributed by atoms with Gasteiger partial charge in [-0.15, -0.1) is 0 Å². The Kier molecular flexibility index (Phi) is 6.40. The van der Waals surface area contributed by atoms with Crippen molar-refractivity contribution in [1.29, 1.82) is 0 Å². The molecule has 0 saturated heterocycles. The Bertz CT molecular complexity index is 1180. The molecule has 0 spiro atoms. The maximum atomic E-state index is 14.9. The van der Waals surface area contributed by atoms with E-state index in [0.717, 1.165) is 0 Å². The molecule has 1 aromatic heterocycles. The Morgan fingerprint density at radius 3 is 2.39 bits per heavy atom. The lowest BCUT2D eigenvalue weighted by Crippen LogP contribution is -2.46. The first-order valence-electron chi connectivity index (χ1n) is 9.63. The minimum atomic E-state index is -3.98. The Balaban J connectivity index is 2.02. The van der Waals surface area contributed by atoms with E-state index < -0.39 is 27.3 Å². The first kappa shape index (κ1) is 22.8. The molecule has 0 fully saturated rings. The molecular formula is C22H25FN4O3S. The zero-order valence-corrected chi connectivity index (χ0v) is 18.3. The normalized spacial score (nSPS) is 13.2. The van der Waals surface area contributed by atoms with Gasteiger partial charge in [0.25, 0.3) is 0 Å². The van der Waals surface area contributed by atoms with Crippen LogP contribution in [0.1, 0.15) is 20.8 Å². The number of nitrogens with two attached hydrogens (primary N) is 1. The van der Waals surface area contributed by atoms with Gasteiger partial charge in [0, 0.05) is 17.2 Å². The Labute approximate surface area is 181 Å². The van der Waals surface area contributed by atoms with Crippen LogP contribution in [-0.2, 0) is 10.0 Å². The van der Waals surface area contributed by atoms with Gasteiger partial charge in [0.15, 0.2) is 0 Å². The highest BCUT2D eigenvalue weighted by Crippen LogP contribution is 2.32. The summed E-state index contributed by atoms with van der Waals surface area (Å²) >= 11 is 0. The van der Waals surface area contributed by atoms with E-state index in [1.165, 1.54) is 30.6 Å². The molecule has 9 heteroatoms. The van der Waals surface area contributed by atoms with E-state index in [1.54, 1.807) is 24.3 Å². The third kappa shape index (κ3) is 5.07. The van der Waals surface area contributed by atoms with Gasteiger partial charge in [-0.05, 0) is 29.2 Å². The molecule has 3 aromatic rings. The third-order valence-electron chi connectivity index (χ3n) is 4.93. The fourth-order valence-corrected chi connectivity index (χ4v) is 4.71. The zero-order valence-electron chi connectivity index (χ0n) is 17.5. The highest BCUT2D eigenvalue weighted by atomic mass is 32.2. The van der Waals surface area contributed by atoms with Gasteiger partial charge >= 0.3 is 0 Å². The van der Waals surface area contributed by atoms with Crippen LogP contribution in [-0.4, -0.2) is 36.1 Å². The van der Waals surface area contributed by atoms with E-state index in [4.69, 9.17) is 5.73 Å². The molecule has 0 aliphatic rings. The fraction of sp³-hybridized carbons (Fsp3) is 0.273. The lowest BCUT2D eigenvalue weighted by molar-refractivity contribution is 0.177. The minimum absolute atomic E-state index is 0.00266. The molecule has 3 rings (SSSR count). The predicted octanol–water partition coefficient (Wildman–Crippen LogP) is 3.22. The maximum Gasteiger partial charge on any atom is 0.241 e. The van der Waals surface area contributed by atoms with Crippen molar-refractivity contribution in [3.8, 4) is 22.4 Å². The number of hydrogen-bond acceptors (Lipinski definition) is 6. The second-order valence-electron chi connectivity index (χ2n) is 8.24.